The summed E-state index contributed by atoms with van der Waals surface area (Å²) in [5, 5.41) is 9.11. The molecule has 0 bridgehead atoms. The van der Waals surface area contributed by atoms with Crippen LogP contribution in [0.2, 0.25) is 0 Å². The average Bonchev–Trinajstić information content (AvgIpc) is 2.91. The summed E-state index contributed by atoms with van der Waals surface area (Å²) in [6.45, 7) is 1.13. The first-order valence-electron chi connectivity index (χ1n) is 7.23. The summed E-state index contributed by atoms with van der Waals surface area (Å²) >= 11 is 0. The number of aromatic carboxylic acids is 1. The maximum atomic E-state index is 11.1. The molecule has 1 aliphatic rings. The van der Waals surface area contributed by atoms with Gasteiger partial charge in [-0.3, -0.25) is 0 Å². The van der Waals surface area contributed by atoms with Gasteiger partial charge in [-0.1, -0.05) is 12.1 Å². The molecule has 2 aromatic rings. The van der Waals surface area contributed by atoms with E-state index in [1.165, 1.54) is 24.2 Å². The minimum Gasteiger partial charge on any atom is -0.491 e. The van der Waals surface area contributed by atoms with Gasteiger partial charge in [0.05, 0.1) is 18.6 Å². The van der Waals surface area contributed by atoms with E-state index in [2.05, 4.69) is 9.55 Å². The number of carbonyl (C=O) groups is 1. The van der Waals surface area contributed by atoms with Crippen LogP contribution in [-0.4, -0.2) is 27.2 Å². The van der Waals surface area contributed by atoms with Crippen molar-refractivity contribution in [2.75, 3.05) is 6.61 Å². The predicted octanol–water partition coefficient (Wildman–Crippen LogP) is 2.54. The number of fused-ring (bicyclic) bond motifs is 1. The van der Waals surface area contributed by atoms with E-state index in [1.807, 2.05) is 6.33 Å². The van der Waals surface area contributed by atoms with Crippen molar-refractivity contribution < 1.29 is 14.6 Å². The number of hydrogen-bond acceptors (Lipinski definition) is 3. The van der Waals surface area contributed by atoms with Crippen LogP contribution in [0.3, 0.4) is 0 Å². The van der Waals surface area contributed by atoms with Crippen molar-refractivity contribution in [3.05, 3.63) is 47.5 Å². The molecule has 3 rings (SSSR count). The summed E-state index contributed by atoms with van der Waals surface area (Å²) in [6.07, 6.45) is 6.42. The van der Waals surface area contributed by atoms with E-state index in [9.17, 15) is 4.79 Å². The highest BCUT2D eigenvalue weighted by Gasteiger charge is 2.15. The van der Waals surface area contributed by atoms with Crippen molar-refractivity contribution >= 4 is 5.97 Å². The number of hydrogen-bond donors (Lipinski definition) is 1. The highest BCUT2D eigenvalue weighted by atomic mass is 16.5. The number of carboxylic acid groups (broad SMARTS) is 1. The highest BCUT2D eigenvalue weighted by Crippen LogP contribution is 2.21. The van der Waals surface area contributed by atoms with Crippen LogP contribution in [0.5, 0.6) is 5.75 Å². The molecular formula is C16H18N2O3. The van der Waals surface area contributed by atoms with E-state index in [1.54, 1.807) is 24.3 Å². The molecule has 110 valence electrons. The number of nitrogens with zero attached hydrogens (tertiary/aromatic N) is 2. The predicted molar refractivity (Wildman–Crippen MR) is 77.8 cm³/mol. The van der Waals surface area contributed by atoms with Crippen LogP contribution in [0.1, 0.15) is 34.6 Å². The summed E-state index contributed by atoms with van der Waals surface area (Å²) in [5.74, 6) is -0.551. The van der Waals surface area contributed by atoms with Crippen LogP contribution < -0.4 is 4.74 Å². The first kappa shape index (κ1) is 13.7. The van der Waals surface area contributed by atoms with Gasteiger partial charge in [0.15, 0.2) is 0 Å². The van der Waals surface area contributed by atoms with Crippen molar-refractivity contribution in [3.63, 3.8) is 0 Å². The summed E-state index contributed by atoms with van der Waals surface area (Å²) in [4.78, 5) is 15.6. The molecule has 0 saturated heterocycles. The molecule has 5 heteroatoms. The second kappa shape index (κ2) is 5.99. The Labute approximate surface area is 123 Å². The Morgan fingerprint density at radius 2 is 2.10 bits per heavy atom. The van der Waals surface area contributed by atoms with E-state index < -0.39 is 5.97 Å². The van der Waals surface area contributed by atoms with Crippen LogP contribution in [0, 0.1) is 0 Å². The molecule has 1 heterocycles. The minimum absolute atomic E-state index is 0.199. The highest BCUT2D eigenvalue weighted by molar-refractivity contribution is 5.90. The van der Waals surface area contributed by atoms with Crippen molar-refractivity contribution in [1.82, 2.24) is 9.55 Å². The fourth-order valence-electron chi connectivity index (χ4n) is 2.75. The maximum absolute atomic E-state index is 11.1. The molecule has 0 spiro atoms. The van der Waals surface area contributed by atoms with E-state index in [-0.39, 0.29) is 5.56 Å². The quantitative estimate of drug-likeness (QED) is 0.917. The van der Waals surface area contributed by atoms with Gasteiger partial charge in [-0.25, -0.2) is 9.78 Å². The lowest BCUT2D eigenvalue weighted by atomic mass is 10.0. The normalized spacial score (nSPS) is 13.7. The van der Waals surface area contributed by atoms with Gasteiger partial charge in [0.2, 0.25) is 0 Å². The Bertz CT molecular complexity index is 649. The third-order valence-electron chi connectivity index (χ3n) is 3.82. The van der Waals surface area contributed by atoms with E-state index in [4.69, 9.17) is 9.84 Å². The number of benzene rings is 1. The number of aryl methyl sites for hydroxylation is 1. The number of aromatic nitrogens is 2. The second-order valence-electron chi connectivity index (χ2n) is 5.19. The standard InChI is InChI=1S/C16H18N2O3/c19-16(20)12-5-1-4-8-15(12)21-10-9-18-11-17-13-6-2-3-7-14(13)18/h1,4-5,8,11H,2-3,6-7,9-10H2,(H,19,20). The SMILES string of the molecule is O=C(O)c1ccccc1OCCn1cnc2c1CCCC2. The van der Waals surface area contributed by atoms with Gasteiger partial charge in [-0.05, 0) is 37.8 Å². The number of para-hydroxylation sites is 1. The van der Waals surface area contributed by atoms with Crippen LogP contribution in [0.15, 0.2) is 30.6 Å². The van der Waals surface area contributed by atoms with Gasteiger partial charge < -0.3 is 14.4 Å². The Morgan fingerprint density at radius 1 is 1.29 bits per heavy atom. The number of imidazole rings is 1. The largest absolute Gasteiger partial charge is 0.491 e. The lowest BCUT2D eigenvalue weighted by Crippen LogP contribution is -2.13. The summed E-state index contributed by atoms with van der Waals surface area (Å²) in [6, 6.07) is 6.72. The third-order valence-corrected chi connectivity index (χ3v) is 3.82. The van der Waals surface area contributed by atoms with Crippen LogP contribution in [-0.2, 0) is 19.4 Å². The van der Waals surface area contributed by atoms with Gasteiger partial charge in [-0.15, -0.1) is 0 Å². The molecule has 1 aromatic carbocycles. The Morgan fingerprint density at radius 3 is 2.95 bits per heavy atom. The van der Waals surface area contributed by atoms with E-state index >= 15 is 0 Å². The van der Waals surface area contributed by atoms with E-state index in [0.717, 1.165) is 12.8 Å². The topological polar surface area (TPSA) is 64.3 Å². The molecule has 1 N–H and O–H groups in total. The van der Waals surface area contributed by atoms with Gasteiger partial charge in [0.1, 0.15) is 17.9 Å². The first-order valence-corrected chi connectivity index (χ1v) is 7.23. The van der Waals surface area contributed by atoms with E-state index in [0.29, 0.717) is 18.9 Å². The van der Waals surface area contributed by atoms with Crippen LogP contribution >= 0.6 is 0 Å². The zero-order valence-electron chi connectivity index (χ0n) is 11.8. The summed E-state index contributed by atoms with van der Waals surface area (Å²) in [7, 11) is 0. The molecule has 5 nitrogen and oxygen atoms in total. The maximum Gasteiger partial charge on any atom is 0.339 e. The molecule has 1 aliphatic carbocycles. The summed E-state index contributed by atoms with van der Waals surface area (Å²) < 4.78 is 7.76. The molecule has 0 atom stereocenters. The van der Waals surface area contributed by atoms with Crippen LogP contribution in [0.25, 0.3) is 0 Å². The molecule has 21 heavy (non-hydrogen) atoms. The zero-order valence-corrected chi connectivity index (χ0v) is 11.8. The Kier molecular flexibility index (Phi) is 3.90. The zero-order chi connectivity index (χ0) is 14.7. The van der Waals surface area contributed by atoms with Crippen molar-refractivity contribution in [2.24, 2.45) is 0 Å². The lowest BCUT2D eigenvalue weighted by Gasteiger charge is -2.14. The number of carboxylic acids is 1. The average molecular weight is 286 g/mol. The molecule has 0 aliphatic heterocycles. The molecule has 0 saturated carbocycles. The second-order valence-corrected chi connectivity index (χ2v) is 5.19. The molecule has 1 aromatic heterocycles. The molecule has 0 fully saturated rings. The van der Waals surface area contributed by atoms with Gasteiger partial charge in [0.25, 0.3) is 0 Å². The fourth-order valence-corrected chi connectivity index (χ4v) is 2.75. The van der Waals surface area contributed by atoms with Crippen molar-refractivity contribution in [1.29, 1.82) is 0 Å². The third kappa shape index (κ3) is 2.91. The Balaban J connectivity index is 1.64. The fraction of sp³-hybridized carbons (Fsp3) is 0.375. The van der Waals surface area contributed by atoms with Crippen LogP contribution in [0.4, 0.5) is 0 Å². The monoisotopic (exact) mass is 286 g/mol. The van der Waals surface area contributed by atoms with Crippen molar-refractivity contribution in [2.45, 2.75) is 32.2 Å². The molecular weight excluding hydrogens is 268 g/mol. The minimum atomic E-state index is -0.967. The first-order chi connectivity index (χ1) is 10.3. The van der Waals surface area contributed by atoms with Gasteiger partial charge >= 0.3 is 5.97 Å². The number of rotatable bonds is 5. The molecule has 0 radical (unpaired) electrons. The van der Waals surface area contributed by atoms with Gasteiger partial charge in [0, 0.05) is 5.69 Å². The Hall–Kier alpha value is -2.30. The molecule has 0 amide bonds. The van der Waals surface area contributed by atoms with Gasteiger partial charge in [-0.2, -0.15) is 0 Å². The number of ether oxygens (including phenoxy) is 1. The lowest BCUT2D eigenvalue weighted by molar-refractivity contribution is 0.0692. The van der Waals surface area contributed by atoms with Crippen molar-refractivity contribution in [3.8, 4) is 5.75 Å². The smallest absolute Gasteiger partial charge is 0.339 e. The molecule has 0 unspecified atom stereocenters. The summed E-state index contributed by atoms with van der Waals surface area (Å²) in [5.41, 5.74) is 2.70.